The molecule has 4 amide bonds. The number of carbonyl (C=O) groups is 3. The van der Waals surface area contributed by atoms with Gasteiger partial charge in [-0.05, 0) is 67.3 Å². The Hall–Kier alpha value is -4.70. The monoisotopic (exact) mass is 557 g/mol. The van der Waals surface area contributed by atoms with Gasteiger partial charge in [0, 0.05) is 35.3 Å². The predicted molar refractivity (Wildman–Crippen MR) is 151 cm³/mol. The fourth-order valence-electron chi connectivity index (χ4n) is 4.73. The Kier molecular flexibility index (Phi) is 7.27. The quantitative estimate of drug-likeness (QED) is 0.313. The summed E-state index contributed by atoms with van der Waals surface area (Å²) in [7, 11) is -2.63. The molecular weight excluding hydrogens is 530 g/mol. The van der Waals surface area contributed by atoms with Crippen molar-refractivity contribution < 1.29 is 27.5 Å². The van der Waals surface area contributed by atoms with Crippen LogP contribution in [0.5, 0.6) is 5.75 Å². The van der Waals surface area contributed by atoms with E-state index in [1.165, 1.54) is 29.0 Å². The minimum absolute atomic E-state index is 0.0322. The molecule has 9 nitrogen and oxygen atoms in total. The van der Waals surface area contributed by atoms with Crippen LogP contribution >= 0.6 is 0 Å². The first kappa shape index (κ1) is 26.9. The number of nitrogens with one attached hydrogen (secondary N) is 1. The number of hydrogen-bond acceptors (Lipinski definition) is 6. The minimum atomic E-state index is -4.15. The van der Waals surface area contributed by atoms with Gasteiger partial charge in [-0.2, -0.15) is 0 Å². The van der Waals surface area contributed by atoms with E-state index in [9.17, 15) is 22.8 Å². The number of benzene rings is 4. The summed E-state index contributed by atoms with van der Waals surface area (Å²) < 4.78 is 33.2. The summed E-state index contributed by atoms with van der Waals surface area (Å²) in [5.41, 5.74) is 2.19. The summed E-state index contributed by atoms with van der Waals surface area (Å²) in [6.07, 6.45) is 0.208. The first-order chi connectivity index (χ1) is 19.2. The Bertz CT molecular complexity index is 1670. The number of sulfonamides is 1. The maximum absolute atomic E-state index is 13.3. The van der Waals surface area contributed by atoms with Gasteiger partial charge in [-0.3, -0.25) is 19.4 Å². The summed E-state index contributed by atoms with van der Waals surface area (Å²) in [6, 6.07) is 22.5. The molecule has 1 aliphatic heterocycles. The molecule has 4 aromatic rings. The van der Waals surface area contributed by atoms with Crippen molar-refractivity contribution in [2.75, 3.05) is 25.1 Å². The number of anilines is 1. The smallest absolute Gasteiger partial charge is 0.335 e. The second-order valence-corrected chi connectivity index (χ2v) is 11.1. The molecule has 0 aliphatic carbocycles. The van der Waals surface area contributed by atoms with Gasteiger partial charge in [-0.25, -0.2) is 17.9 Å². The zero-order valence-electron chi connectivity index (χ0n) is 22.0. The highest BCUT2D eigenvalue weighted by atomic mass is 32.2. The number of imide groups is 1. The molecule has 204 valence electrons. The molecule has 40 heavy (non-hydrogen) atoms. The highest BCUT2D eigenvalue weighted by Gasteiger charge is 2.32. The average Bonchev–Trinajstić information content (AvgIpc) is 2.95. The molecule has 0 unspecified atom stereocenters. The topological polar surface area (TPSA) is 113 Å². The van der Waals surface area contributed by atoms with Crippen LogP contribution in [0.1, 0.15) is 32.7 Å². The highest BCUT2D eigenvalue weighted by molar-refractivity contribution is 7.90. The van der Waals surface area contributed by atoms with Crippen LogP contribution in [0.4, 0.5) is 10.5 Å². The lowest BCUT2D eigenvalue weighted by Crippen LogP contribution is -2.45. The van der Waals surface area contributed by atoms with Crippen LogP contribution in [0.2, 0.25) is 0 Å². The van der Waals surface area contributed by atoms with Gasteiger partial charge in [0.25, 0.3) is 21.8 Å². The van der Waals surface area contributed by atoms with E-state index < -0.39 is 27.9 Å². The molecule has 1 aliphatic rings. The van der Waals surface area contributed by atoms with Crippen molar-refractivity contribution in [2.24, 2.45) is 0 Å². The molecule has 0 spiro atoms. The van der Waals surface area contributed by atoms with Crippen LogP contribution in [-0.2, 0) is 10.0 Å². The first-order valence-corrected chi connectivity index (χ1v) is 14.1. The number of ether oxygens (including phenoxy) is 1. The summed E-state index contributed by atoms with van der Waals surface area (Å²) in [5.74, 6) is -0.248. The number of nitrogens with zero attached hydrogens (tertiary/aromatic N) is 2. The molecule has 0 radical (unpaired) electrons. The molecule has 5 rings (SSSR count). The minimum Gasteiger partial charge on any atom is -0.497 e. The van der Waals surface area contributed by atoms with Gasteiger partial charge in [0.1, 0.15) is 5.75 Å². The third-order valence-electron chi connectivity index (χ3n) is 6.80. The number of amides is 4. The SMILES string of the molecule is COc1ccc(N(CCCN2C(=O)c3cccc4cccc(c34)C2=O)C(=O)NS(=O)(=O)c2ccc(C)cc2)cc1. The lowest BCUT2D eigenvalue weighted by molar-refractivity contribution is 0.0610. The third kappa shape index (κ3) is 5.13. The summed E-state index contributed by atoms with van der Waals surface area (Å²) in [4.78, 5) is 42.2. The molecule has 0 saturated carbocycles. The number of carbonyl (C=O) groups excluding carboxylic acids is 3. The van der Waals surface area contributed by atoms with Crippen LogP contribution in [0.3, 0.4) is 0 Å². The Morgan fingerprint density at radius 3 is 2.05 bits per heavy atom. The van der Waals surface area contributed by atoms with E-state index in [-0.39, 0.29) is 24.4 Å². The second kappa shape index (κ2) is 10.8. The Morgan fingerprint density at radius 1 is 0.875 bits per heavy atom. The van der Waals surface area contributed by atoms with E-state index in [0.29, 0.717) is 28.0 Å². The zero-order valence-corrected chi connectivity index (χ0v) is 22.8. The van der Waals surface area contributed by atoms with E-state index in [4.69, 9.17) is 4.74 Å². The van der Waals surface area contributed by atoms with Crippen molar-refractivity contribution in [1.82, 2.24) is 9.62 Å². The van der Waals surface area contributed by atoms with Gasteiger partial charge in [0.05, 0.1) is 12.0 Å². The Labute approximate surface area is 232 Å². The van der Waals surface area contributed by atoms with E-state index in [0.717, 1.165) is 10.9 Å². The molecule has 1 N–H and O–H groups in total. The maximum atomic E-state index is 13.3. The lowest BCUT2D eigenvalue weighted by Gasteiger charge is -2.28. The van der Waals surface area contributed by atoms with Gasteiger partial charge in [-0.1, -0.05) is 42.0 Å². The Balaban J connectivity index is 1.36. The van der Waals surface area contributed by atoms with Crippen LogP contribution in [0, 0.1) is 6.92 Å². The molecule has 4 aromatic carbocycles. The Morgan fingerprint density at radius 2 is 1.48 bits per heavy atom. The number of urea groups is 1. The van der Waals surface area contributed by atoms with E-state index in [2.05, 4.69) is 4.72 Å². The van der Waals surface area contributed by atoms with Crippen molar-refractivity contribution in [3.8, 4) is 5.75 Å². The molecule has 0 bridgehead atoms. The normalized spacial score (nSPS) is 12.9. The number of aryl methyl sites for hydroxylation is 1. The molecule has 0 saturated heterocycles. The maximum Gasteiger partial charge on any atom is 0.335 e. The second-order valence-electron chi connectivity index (χ2n) is 9.40. The third-order valence-corrected chi connectivity index (χ3v) is 8.14. The standard InChI is InChI=1S/C30H27N3O6S/c1-20-10-16-24(17-11-20)40(37,38)31-30(36)32(22-12-14-23(39-2)15-13-22)18-5-19-33-28(34)25-8-3-6-21-7-4-9-26(27(21)25)29(33)35/h3-4,6-17H,5,18-19H2,1-2H3,(H,31,36). The summed E-state index contributed by atoms with van der Waals surface area (Å²) >= 11 is 0. The fourth-order valence-corrected chi connectivity index (χ4v) is 5.68. The molecule has 0 aromatic heterocycles. The predicted octanol–water partition coefficient (Wildman–Crippen LogP) is 4.75. The molecular formula is C30H27N3O6S. The molecule has 1 heterocycles. The molecule has 10 heteroatoms. The van der Waals surface area contributed by atoms with Crippen LogP contribution in [0.25, 0.3) is 10.8 Å². The van der Waals surface area contributed by atoms with Crippen molar-refractivity contribution >= 4 is 44.3 Å². The fraction of sp³-hybridized carbons (Fsp3) is 0.167. The lowest BCUT2D eigenvalue weighted by atomic mass is 9.94. The van der Waals surface area contributed by atoms with Gasteiger partial charge >= 0.3 is 6.03 Å². The molecule has 0 fully saturated rings. The largest absolute Gasteiger partial charge is 0.497 e. The van der Waals surface area contributed by atoms with E-state index >= 15 is 0 Å². The molecule has 0 atom stereocenters. The summed E-state index contributed by atoms with van der Waals surface area (Å²) in [6.45, 7) is 1.90. The van der Waals surface area contributed by atoms with Crippen molar-refractivity contribution in [2.45, 2.75) is 18.2 Å². The number of hydrogen-bond donors (Lipinski definition) is 1. The van der Waals surface area contributed by atoms with Gasteiger partial charge in [-0.15, -0.1) is 0 Å². The van der Waals surface area contributed by atoms with Crippen LogP contribution < -0.4 is 14.4 Å². The highest BCUT2D eigenvalue weighted by Crippen LogP contribution is 2.30. The number of rotatable bonds is 8. The van der Waals surface area contributed by atoms with E-state index in [1.54, 1.807) is 60.7 Å². The average molecular weight is 558 g/mol. The first-order valence-electron chi connectivity index (χ1n) is 12.6. The van der Waals surface area contributed by atoms with Gasteiger partial charge in [0.2, 0.25) is 0 Å². The summed E-state index contributed by atoms with van der Waals surface area (Å²) in [5, 5.41) is 1.45. The van der Waals surface area contributed by atoms with Crippen LogP contribution in [-0.4, -0.2) is 51.4 Å². The van der Waals surface area contributed by atoms with Crippen molar-refractivity contribution in [3.05, 3.63) is 102 Å². The van der Waals surface area contributed by atoms with Gasteiger partial charge in [0.15, 0.2) is 0 Å². The number of methoxy groups -OCH3 is 1. The van der Waals surface area contributed by atoms with Crippen molar-refractivity contribution in [3.63, 3.8) is 0 Å². The zero-order chi connectivity index (χ0) is 28.4. The van der Waals surface area contributed by atoms with Crippen LogP contribution in [0.15, 0.2) is 89.8 Å². The van der Waals surface area contributed by atoms with Gasteiger partial charge < -0.3 is 4.74 Å². The van der Waals surface area contributed by atoms with E-state index in [1.807, 2.05) is 19.1 Å². The van der Waals surface area contributed by atoms with Crippen molar-refractivity contribution in [1.29, 1.82) is 0 Å².